The van der Waals surface area contributed by atoms with Crippen molar-refractivity contribution in [3.8, 4) is 5.75 Å². The van der Waals surface area contributed by atoms with Crippen molar-refractivity contribution >= 4 is 29.6 Å². The predicted octanol–water partition coefficient (Wildman–Crippen LogP) is 3.64. The standard InChI is InChI=1S/C19H18ClNO4/c1-12(21-18(22)13-6-4-3-5-7-13)16(19(23)24)11-14-10-15(20)8-9-17(14)25-2/h3-12H,1-2H3,(H,21,22)(H,23,24). The summed E-state index contributed by atoms with van der Waals surface area (Å²) in [7, 11) is 1.49. The first-order chi connectivity index (χ1) is 11.9. The molecule has 0 spiro atoms. The number of benzene rings is 2. The van der Waals surface area contributed by atoms with Gasteiger partial charge >= 0.3 is 5.97 Å². The van der Waals surface area contributed by atoms with Crippen molar-refractivity contribution in [2.45, 2.75) is 13.0 Å². The van der Waals surface area contributed by atoms with E-state index in [-0.39, 0.29) is 11.5 Å². The molecule has 0 aliphatic carbocycles. The number of ether oxygens (including phenoxy) is 1. The van der Waals surface area contributed by atoms with Crippen LogP contribution in [0.4, 0.5) is 0 Å². The number of rotatable bonds is 6. The lowest BCUT2D eigenvalue weighted by Crippen LogP contribution is -2.36. The van der Waals surface area contributed by atoms with Crippen LogP contribution in [0.2, 0.25) is 5.02 Å². The highest BCUT2D eigenvalue weighted by atomic mass is 35.5. The Morgan fingerprint density at radius 3 is 2.48 bits per heavy atom. The van der Waals surface area contributed by atoms with E-state index >= 15 is 0 Å². The van der Waals surface area contributed by atoms with Crippen molar-refractivity contribution in [2.24, 2.45) is 0 Å². The molecule has 5 nitrogen and oxygen atoms in total. The smallest absolute Gasteiger partial charge is 0.333 e. The number of hydrogen-bond donors (Lipinski definition) is 2. The molecule has 1 unspecified atom stereocenters. The average molecular weight is 360 g/mol. The third-order valence-corrected chi connectivity index (χ3v) is 3.83. The normalized spacial score (nSPS) is 12.4. The summed E-state index contributed by atoms with van der Waals surface area (Å²) in [5, 5.41) is 12.7. The van der Waals surface area contributed by atoms with Crippen LogP contribution in [0.1, 0.15) is 22.8 Å². The summed E-state index contributed by atoms with van der Waals surface area (Å²) in [6.07, 6.45) is 1.45. The van der Waals surface area contributed by atoms with E-state index in [0.717, 1.165) is 0 Å². The zero-order valence-electron chi connectivity index (χ0n) is 13.8. The van der Waals surface area contributed by atoms with E-state index in [0.29, 0.717) is 21.9 Å². The van der Waals surface area contributed by atoms with Crippen molar-refractivity contribution in [2.75, 3.05) is 7.11 Å². The SMILES string of the molecule is COc1ccc(Cl)cc1C=C(C(=O)O)C(C)NC(=O)c1ccccc1. The minimum atomic E-state index is -1.14. The molecule has 25 heavy (non-hydrogen) atoms. The summed E-state index contributed by atoms with van der Waals surface area (Å²) in [6.45, 7) is 1.61. The van der Waals surface area contributed by atoms with Gasteiger partial charge in [0.2, 0.25) is 0 Å². The third-order valence-electron chi connectivity index (χ3n) is 3.60. The molecule has 0 radical (unpaired) electrons. The van der Waals surface area contributed by atoms with Gasteiger partial charge in [-0.25, -0.2) is 4.79 Å². The summed E-state index contributed by atoms with van der Waals surface area (Å²) in [6, 6.07) is 12.8. The molecule has 2 aromatic rings. The minimum absolute atomic E-state index is 0.0184. The van der Waals surface area contributed by atoms with Crippen molar-refractivity contribution in [3.63, 3.8) is 0 Å². The molecule has 0 saturated carbocycles. The van der Waals surface area contributed by atoms with Crippen LogP contribution >= 0.6 is 11.6 Å². The Labute approximate surface area is 150 Å². The van der Waals surface area contributed by atoms with Crippen LogP contribution in [0.5, 0.6) is 5.75 Å². The molecule has 0 saturated heterocycles. The molecule has 0 fully saturated rings. The van der Waals surface area contributed by atoms with Crippen molar-refractivity contribution in [1.29, 1.82) is 0 Å². The third kappa shape index (κ3) is 4.84. The number of methoxy groups -OCH3 is 1. The van der Waals surface area contributed by atoms with Crippen LogP contribution in [0.25, 0.3) is 6.08 Å². The molecule has 0 bridgehead atoms. The van der Waals surface area contributed by atoms with Crippen LogP contribution in [0, 0.1) is 0 Å². The van der Waals surface area contributed by atoms with E-state index in [1.54, 1.807) is 55.5 Å². The number of hydrogen-bond acceptors (Lipinski definition) is 3. The van der Waals surface area contributed by atoms with Crippen LogP contribution in [-0.2, 0) is 4.79 Å². The fourth-order valence-electron chi connectivity index (χ4n) is 2.30. The second-order valence-electron chi connectivity index (χ2n) is 5.35. The van der Waals surface area contributed by atoms with Gasteiger partial charge in [-0.05, 0) is 43.3 Å². The number of amides is 1. The van der Waals surface area contributed by atoms with Gasteiger partial charge in [-0.3, -0.25) is 4.79 Å². The maximum Gasteiger partial charge on any atom is 0.333 e. The average Bonchev–Trinajstić information content (AvgIpc) is 2.60. The number of carbonyl (C=O) groups excluding carboxylic acids is 1. The molecule has 2 aromatic carbocycles. The van der Waals surface area contributed by atoms with Gasteiger partial charge in [-0.1, -0.05) is 29.8 Å². The highest BCUT2D eigenvalue weighted by Gasteiger charge is 2.19. The molecule has 0 heterocycles. The summed E-state index contributed by atoms with van der Waals surface area (Å²) in [4.78, 5) is 23.9. The van der Waals surface area contributed by atoms with Gasteiger partial charge < -0.3 is 15.2 Å². The fourth-order valence-corrected chi connectivity index (χ4v) is 2.49. The van der Waals surface area contributed by atoms with Gasteiger partial charge in [0, 0.05) is 16.1 Å². The molecule has 2 N–H and O–H groups in total. The minimum Gasteiger partial charge on any atom is -0.496 e. The topological polar surface area (TPSA) is 75.6 Å². The van der Waals surface area contributed by atoms with E-state index in [1.807, 2.05) is 0 Å². The maximum absolute atomic E-state index is 12.2. The number of aliphatic carboxylic acids is 1. The lowest BCUT2D eigenvalue weighted by Gasteiger charge is -2.16. The number of carboxylic acids is 1. The summed E-state index contributed by atoms with van der Waals surface area (Å²) in [5.74, 6) is -0.995. The summed E-state index contributed by atoms with van der Waals surface area (Å²) >= 11 is 5.98. The first kappa shape index (κ1) is 18.5. The number of nitrogens with one attached hydrogen (secondary N) is 1. The largest absolute Gasteiger partial charge is 0.496 e. The molecule has 2 rings (SSSR count). The van der Waals surface area contributed by atoms with Gasteiger partial charge in [0.15, 0.2) is 0 Å². The van der Waals surface area contributed by atoms with Crippen LogP contribution in [-0.4, -0.2) is 30.1 Å². The number of carboxylic acid groups (broad SMARTS) is 1. The van der Waals surface area contributed by atoms with E-state index < -0.39 is 12.0 Å². The Morgan fingerprint density at radius 2 is 1.88 bits per heavy atom. The molecule has 6 heteroatoms. The summed E-state index contributed by atoms with van der Waals surface area (Å²) in [5.41, 5.74) is 0.998. The highest BCUT2D eigenvalue weighted by molar-refractivity contribution is 6.30. The Hall–Kier alpha value is -2.79. The fraction of sp³-hybridized carbons (Fsp3) is 0.158. The van der Waals surface area contributed by atoms with Gasteiger partial charge in [-0.15, -0.1) is 0 Å². The lowest BCUT2D eigenvalue weighted by atomic mass is 10.0. The van der Waals surface area contributed by atoms with E-state index in [4.69, 9.17) is 16.3 Å². The van der Waals surface area contributed by atoms with Gasteiger partial charge in [0.25, 0.3) is 5.91 Å². The van der Waals surface area contributed by atoms with Crippen molar-refractivity contribution in [3.05, 3.63) is 70.3 Å². The van der Waals surface area contributed by atoms with Crippen molar-refractivity contribution in [1.82, 2.24) is 5.32 Å². The second kappa shape index (κ2) is 8.35. The predicted molar refractivity (Wildman–Crippen MR) is 97.0 cm³/mol. The molecule has 1 atom stereocenters. The quantitative estimate of drug-likeness (QED) is 0.772. The van der Waals surface area contributed by atoms with Gasteiger partial charge in [-0.2, -0.15) is 0 Å². The number of carbonyl (C=O) groups is 2. The monoisotopic (exact) mass is 359 g/mol. The van der Waals surface area contributed by atoms with Crippen LogP contribution < -0.4 is 10.1 Å². The molecular formula is C19H18ClNO4. The van der Waals surface area contributed by atoms with Crippen molar-refractivity contribution < 1.29 is 19.4 Å². The molecule has 0 aliphatic heterocycles. The molecule has 0 aromatic heterocycles. The van der Waals surface area contributed by atoms with Gasteiger partial charge in [0.05, 0.1) is 18.7 Å². The first-order valence-electron chi connectivity index (χ1n) is 7.56. The lowest BCUT2D eigenvalue weighted by molar-refractivity contribution is -0.132. The summed E-state index contributed by atoms with van der Waals surface area (Å²) < 4.78 is 5.23. The molecule has 0 aliphatic rings. The Balaban J connectivity index is 2.30. The molecular weight excluding hydrogens is 342 g/mol. The highest BCUT2D eigenvalue weighted by Crippen LogP contribution is 2.25. The number of halogens is 1. The first-order valence-corrected chi connectivity index (χ1v) is 7.94. The Bertz CT molecular complexity index is 802. The maximum atomic E-state index is 12.2. The van der Waals surface area contributed by atoms with Crippen LogP contribution in [0.15, 0.2) is 54.1 Å². The zero-order chi connectivity index (χ0) is 18.4. The van der Waals surface area contributed by atoms with E-state index in [9.17, 15) is 14.7 Å². The zero-order valence-corrected chi connectivity index (χ0v) is 14.6. The molecule has 1 amide bonds. The van der Waals surface area contributed by atoms with Gasteiger partial charge in [0.1, 0.15) is 5.75 Å². The molecule has 130 valence electrons. The van der Waals surface area contributed by atoms with Crippen LogP contribution in [0.3, 0.4) is 0 Å². The van der Waals surface area contributed by atoms with E-state index in [2.05, 4.69) is 5.32 Å². The Kier molecular flexibility index (Phi) is 6.19. The Morgan fingerprint density at radius 1 is 1.20 bits per heavy atom. The van der Waals surface area contributed by atoms with E-state index in [1.165, 1.54) is 13.2 Å². The second-order valence-corrected chi connectivity index (χ2v) is 5.79.